The molecule has 6 nitrogen and oxygen atoms in total. The van der Waals surface area contributed by atoms with Crippen LogP contribution in [0.25, 0.3) is 0 Å². The molecule has 1 N–H and O–H groups in total. The number of pyridine rings is 1. The van der Waals surface area contributed by atoms with Crippen LogP contribution in [0.4, 0.5) is 5.13 Å². The van der Waals surface area contributed by atoms with E-state index >= 15 is 0 Å². The van der Waals surface area contributed by atoms with E-state index in [1.807, 2.05) is 17.0 Å². The standard InChI is InChI=1S/C15H17N5OS/c21-14(12-3-1-2-7-16-12)20-8-6-11(9-20)17-15-18-13(19-22-15)10-4-5-10/h1-3,7,10-11H,4-6,8-9H2,(H,17,18,19). The molecular formula is C15H17N5OS. The number of hydrogen-bond acceptors (Lipinski definition) is 6. The maximum atomic E-state index is 12.4. The van der Waals surface area contributed by atoms with Crippen LogP contribution >= 0.6 is 11.5 Å². The Morgan fingerprint density at radius 3 is 3.00 bits per heavy atom. The SMILES string of the molecule is O=C(c1ccccn1)N1CCC(Nc2nc(C3CC3)ns2)C1. The predicted molar refractivity (Wildman–Crippen MR) is 84.1 cm³/mol. The molecule has 1 amide bonds. The van der Waals surface area contributed by atoms with Gasteiger partial charge in [0.25, 0.3) is 5.91 Å². The molecular weight excluding hydrogens is 298 g/mol. The van der Waals surface area contributed by atoms with Gasteiger partial charge in [-0.05, 0) is 31.4 Å². The molecule has 1 atom stereocenters. The smallest absolute Gasteiger partial charge is 0.272 e. The second kappa shape index (κ2) is 5.64. The van der Waals surface area contributed by atoms with Gasteiger partial charge in [0.05, 0.1) is 0 Å². The van der Waals surface area contributed by atoms with Crippen LogP contribution < -0.4 is 5.32 Å². The van der Waals surface area contributed by atoms with Crippen LogP contribution in [0.3, 0.4) is 0 Å². The summed E-state index contributed by atoms with van der Waals surface area (Å²) in [4.78, 5) is 22.9. The van der Waals surface area contributed by atoms with Gasteiger partial charge in [0.1, 0.15) is 11.5 Å². The van der Waals surface area contributed by atoms with E-state index in [1.54, 1.807) is 12.3 Å². The maximum Gasteiger partial charge on any atom is 0.272 e. The third-order valence-corrected chi connectivity index (χ3v) is 4.73. The van der Waals surface area contributed by atoms with Gasteiger partial charge in [0, 0.05) is 42.8 Å². The molecule has 2 aliphatic rings. The molecule has 0 spiro atoms. The number of carbonyl (C=O) groups excluding carboxylic acids is 1. The van der Waals surface area contributed by atoms with Crippen molar-refractivity contribution >= 4 is 22.6 Å². The van der Waals surface area contributed by atoms with E-state index in [2.05, 4.69) is 19.7 Å². The first-order valence-electron chi connectivity index (χ1n) is 7.60. The summed E-state index contributed by atoms with van der Waals surface area (Å²) in [5.74, 6) is 1.56. The molecule has 4 rings (SSSR count). The second-order valence-corrected chi connectivity index (χ2v) is 6.58. The first kappa shape index (κ1) is 13.6. The summed E-state index contributed by atoms with van der Waals surface area (Å²) in [6.45, 7) is 1.44. The minimum atomic E-state index is 0.000771. The van der Waals surface area contributed by atoms with Gasteiger partial charge >= 0.3 is 0 Å². The number of hydrogen-bond donors (Lipinski definition) is 1. The van der Waals surface area contributed by atoms with Crippen molar-refractivity contribution in [2.75, 3.05) is 18.4 Å². The summed E-state index contributed by atoms with van der Waals surface area (Å²) < 4.78 is 4.40. The van der Waals surface area contributed by atoms with Crippen molar-refractivity contribution in [2.45, 2.75) is 31.2 Å². The minimum absolute atomic E-state index is 0.000771. The molecule has 2 aromatic heterocycles. The third kappa shape index (κ3) is 2.81. The quantitative estimate of drug-likeness (QED) is 0.936. The summed E-state index contributed by atoms with van der Waals surface area (Å²) >= 11 is 1.42. The molecule has 2 aromatic rings. The van der Waals surface area contributed by atoms with Crippen molar-refractivity contribution < 1.29 is 4.79 Å². The molecule has 0 aromatic carbocycles. The number of likely N-dealkylation sites (tertiary alicyclic amines) is 1. The van der Waals surface area contributed by atoms with Gasteiger partial charge in [-0.25, -0.2) is 4.98 Å². The molecule has 22 heavy (non-hydrogen) atoms. The lowest BCUT2D eigenvalue weighted by Gasteiger charge is -2.16. The van der Waals surface area contributed by atoms with Gasteiger partial charge < -0.3 is 10.2 Å². The molecule has 7 heteroatoms. The molecule has 3 heterocycles. The average Bonchev–Trinajstić information content (AvgIpc) is 3.13. The molecule has 114 valence electrons. The third-order valence-electron chi connectivity index (χ3n) is 4.07. The van der Waals surface area contributed by atoms with Gasteiger partial charge in [-0.1, -0.05) is 6.07 Å². The first-order chi connectivity index (χ1) is 10.8. The van der Waals surface area contributed by atoms with Crippen molar-refractivity contribution in [3.8, 4) is 0 Å². The van der Waals surface area contributed by atoms with Gasteiger partial charge in [0.2, 0.25) is 5.13 Å². The largest absolute Gasteiger partial charge is 0.356 e. The number of amides is 1. The lowest BCUT2D eigenvalue weighted by molar-refractivity contribution is 0.0786. The predicted octanol–water partition coefficient (Wildman–Crippen LogP) is 2.14. The van der Waals surface area contributed by atoms with Gasteiger partial charge in [-0.2, -0.15) is 4.37 Å². The van der Waals surface area contributed by atoms with Crippen molar-refractivity contribution in [1.29, 1.82) is 0 Å². The van der Waals surface area contributed by atoms with Crippen LogP contribution in [0, 0.1) is 0 Å². The molecule has 1 saturated heterocycles. The Bertz CT molecular complexity index is 670. The zero-order chi connectivity index (χ0) is 14.9. The molecule has 0 radical (unpaired) electrons. The van der Waals surface area contributed by atoms with E-state index < -0.39 is 0 Å². The number of anilines is 1. The highest BCUT2D eigenvalue weighted by molar-refractivity contribution is 7.09. The normalized spacial score (nSPS) is 21.1. The fourth-order valence-electron chi connectivity index (χ4n) is 2.69. The van der Waals surface area contributed by atoms with Crippen molar-refractivity contribution in [2.24, 2.45) is 0 Å². The van der Waals surface area contributed by atoms with Gasteiger partial charge in [-0.3, -0.25) is 9.78 Å². The number of aromatic nitrogens is 3. The Morgan fingerprint density at radius 1 is 1.32 bits per heavy atom. The van der Waals surface area contributed by atoms with E-state index in [-0.39, 0.29) is 11.9 Å². The van der Waals surface area contributed by atoms with E-state index in [0.717, 1.165) is 23.9 Å². The topological polar surface area (TPSA) is 71.0 Å². The molecule has 1 aliphatic carbocycles. The van der Waals surface area contributed by atoms with Crippen LogP contribution in [0.15, 0.2) is 24.4 Å². The summed E-state index contributed by atoms with van der Waals surface area (Å²) in [6, 6.07) is 5.66. The molecule has 1 aliphatic heterocycles. The number of carbonyl (C=O) groups is 1. The summed E-state index contributed by atoms with van der Waals surface area (Å²) in [7, 11) is 0. The van der Waals surface area contributed by atoms with Crippen LogP contribution in [-0.2, 0) is 0 Å². The van der Waals surface area contributed by atoms with Crippen LogP contribution in [0.5, 0.6) is 0 Å². The van der Waals surface area contributed by atoms with Gasteiger partial charge in [0.15, 0.2) is 0 Å². The van der Waals surface area contributed by atoms with Crippen LogP contribution in [0.2, 0.25) is 0 Å². The van der Waals surface area contributed by atoms with Crippen molar-refractivity contribution in [1.82, 2.24) is 19.2 Å². The molecule has 1 saturated carbocycles. The van der Waals surface area contributed by atoms with Gasteiger partial charge in [-0.15, -0.1) is 0 Å². The van der Waals surface area contributed by atoms with E-state index in [4.69, 9.17) is 0 Å². The van der Waals surface area contributed by atoms with Crippen LogP contribution in [0.1, 0.15) is 41.5 Å². The lowest BCUT2D eigenvalue weighted by Crippen LogP contribution is -2.32. The summed E-state index contributed by atoms with van der Waals surface area (Å²) in [5, 5.41) is 4.28. The van der Waals surface area contributed by atoms with Crippen molar-refractivity contribution in [3.05, 3.63) is 35.9 Å². The summed E-state index contributed by atoms with van der Waals surface area (Å²) in [5.41, 5.74) is 0.509. The number of rotatable bonds is 4. The second-order valence-electron chi connectivity index (χ2n) is 5.83. The number of nitrogens with one attached hydrogen (secondary N) is 1. The Hall–Kier alpha value is -2.02. The minimum Gasteiger partial charge on any atom is -0.356 e. The molecule has 1 unspecified atom stereocenters. The lowest BCUT2D eigenvalue weighted by atomic mass is 10.3. The fourth-order valence-corrected chi connectivity index (χ4v) is 3.41. The van der Waals surface area contributed by atoms with Crippen LogP contribution in [-0.4, -0.2) is 44.3 Å². The van der Waals surface area contributed by atoms with E-state index in [0.29, 0.717) is 18.2 Å². The van der Waals surface area contributed by atoms with E-state index in [1.165, 1.54) is 24.4 Å². The zero-order valence-corrected chi connectivity index (χ0v) is 12.9. The molecule has 2 fully saturated rings. The first-order valence-corrected chi connectivity index (χ1v) is 8.37. The molecule has 0 bridgehead atoms. The highest BCUT2D eigenvalue weighted by atomic mass is 32.1. The monoisotopic (exact) mass is 315 g/mol. The Kier molecular flexibility index (Phi) is 3.49. The van der Waals surface area contributed by atoms with E-state index in [9.17, 15) is 4.79 Å². The average molecular weight is 315 g/mol. The Morgan fingerprint density at radius 2 is 2.23 bits per heavy atom. The Balaban J connectivity index is 1.36. The van der Waals surface area contributed by atoms with Crippen molar-refractivity contribution in [3.63, 3.8) is 0 Å². The fraction of sp³-hybridized carbons (Fsp3) is 0.467. The maximum absolute atomic E-state index is 12.4. The highest BCUT2D eigenvalue weighted by Gasteiger charge is 2.30. The summed E-state index contributed by atoms with van der Waals surface area (Å²) in [6.07, 6.45) is 5.01. The Labute approximate surface area is 132 Å². The zero-order valence-electron chi connectivity index (χ0n) is 12.1. The number of nitrogens with zero attached hydrogens (tertiary/aromatic N) is 4. The highest BCUT2D eigenvalue weighted by Crippen LogP contribution is 2.39.